The second kappa shape index (κ2) is 4.05. The van der Waals surface area contributed by atoms with E-state index in [0.717, 1.165) is 11.1 Å². The van der Waals surface area contributed by atoms with E-state index in [9.17, 15) is 0 Å². The highest BCUT2D eigenvalue weighted by Gasteiger charge is 2.14. The molecule has 0 aliphatic carbocycles. The molecule has 0 amide bonds. The second-order valence-electron chi connectivity index (χ2n) is 4.95. The van der Waals surface area contributed by atoms with E-state index in [0.29, 0.717) is 0 Å². The Morgan fingerprint density at radius 3 is 2.19 bits per heavy atom. The van der Waals surface area contributed by atoms with Crippen molar-refractivity contribution in [2.75, 3.05) is 0 Å². The fraction of sp³-hybridized carbons (Fsp3) is 0.286. The van der Waals surface area contributed by atoms with Gasteiger partial charge >= 0.3 is 0 Å². The molecule has 2 rings (SSSR count). The fourth-order valence-corrected chi connectivity index (χ4v) is 1.55. The van der Waals surface area contributed by atoms with E-state index >= 15 is 0 Å². The summed E-state index contributed by atoms with van der Waals surface area (Å²) in [6, 6.07) is 6.20. The molecular formula is C14H16N2. The SMILES string of the molecule is CC(C)(C)c1cncc(-c2ccncc2)c1. The van der Waals surface area contributed by atoms with Crippen molar-refractivity contribution in [1.82, 2.24) is 9.97 Å². The van der Waals surface area contributed by atoms with Gasteiger partial charge in [-0.1, -0.05) is 20.8 Å². The summed E-state index contributed by atoms with van der Waals surface area (Å²) in [6.45, 7) is 6.58. The predicted molar refractivity (Wildman–Crippen MR) is 66.2 cm³/mol. The molecule has 2 nitrogen and oxygen atoms in total. The summed E-state index contributed by atoms with van der Waals surface area (Å²) in [6.07, 6.45) is 7.44. The number of hydrogen-bond donors (Lipinski definition) is 0. The van der Waals surface area contributed by atoms with Crippen molar-refractivity contribution in [3.05, 3.63) is 48.5 Å². The van der Waals surface area contributed by atoms with Crippen LogP contribution in [-0.2, 0) is 5.41 Å². The lowest BCUT2D eigenvalue weighted by molar-refractivity contribution is 0.588. The van der Waals surface area contributed by atoms with E-state index in [1.54, 1.807) is 12.4 Å². The topological polar surface area (TPSA) is 25.8 Å². The van der Waals surface area contributed by atoms with Gasteiger partial charge in [0.1, 0.15) is 0 Å². The van der Waals surface area contributed by atoms with Crippen molar-refractivity contribution in [1.29, 1.82) is 0 Å². The van der Waals surface area contributed by atoms with Crippen molar-refractivity contribution < 1.29 is 0 Å². The van der Waals surface area contributed by atoms with E-state index in [1.807, 2.05) is 24.5 Å². The van der Waals surface area contributed by atoms with Crippen molar-refractivity contribution in [3.63, 3.8) is 0 Å². The number of aromatic nitrogens is 2. The van der Waals surface area contributed by atoms with Crippen LogP contribution in [0.1, 0.15) is 26.3 Å². The zero-order valence-corrected chi connectivity index (χ0v) is 9.94. The van der Waals surface area contributed by atoms with Crippen LogP contribution in [-0.4, -0.2) is 9.97 Å². The van der Waals surface area contributed by atoms with E-state index in [2.05, 4.69) is 36.8 Å². The molecule has 2 aromatic heterocycles. The molecule has 0 aliphatic rings. The van der Waals surface area contributed by atoms with Crippen LogP contribution < -0.4 is 0 Å². The van der Waals surface area contributed by atoms with Crippen molar-refractivity contribution in [2.45, 2.75) is 26.2 Å². The first-order chi connectivity index (χ1) is 7.57. The molecule has 0 unspecified atom stereocenters. The van der Waals surface area contributed by atoms with Gasteiger partial charge in [-0.3, -0.25) is 9.97 Å². The van der Waals surface area contributed by atoms with Gasteiger partial charge in [-0.15, -0.1) is 0 Å². The van der Waals surface area contributed by atoms with Gasteiger partial charge in [-0.25, -0.2) is 0 Å². The second-order valence-corrected chi connectivity index (χ2v) is 4.95. The van der Waals surface area contributed by atoms with Gasteiger partial charge in [0.25, 0.3) is 0 Å². The summed E-state index contributed by atoms with van der Waals surface area (Å²) in [4.78, 5) is 8.33. The zero-order chi connectivity index (χ0) is 11.6. The van der Waals surface area contributed by atoms with Gasteiger partial charge in [-0.2, -0.15) is 0 Å². The Bertz CT molecular complexity index is 470. The molecular weight excluding hydrogens is 196 g/mol. The molecule has 0 radical (unpaired) electrons. The van der Waals surface area contributed by atoms with Crippen LogP contribution in [0.5, 0.6) is 0 Å². The summed E-state index contributed by atoms with van der Waals surface area (Å²) >= 11 is 0. The Morgan fingerprint density at radius 1 is 0.875 bits per heavy atom. The Hall–Kier alpha value is -1.70. The average Bonchev–Trinajstić information content (AvgIpc) is 2.29. The van der Waals surface area contributed by atoms with Crippen LogP contribution >= 0.6 is 0 Å². The van der Waals surface area contributed by atoms with Gasteiger partial charge in [0.15, 0.2) is 0 Å². The Morgan fingerprint density at radius 2 is 1.56 bits per heavy atom. The standard InChI is InChI=1S/C14H16N2/c1-14(2,3)13-8-12(9-16-10-13)11-4-6-15-7-5-11/h4-10H,1-3H3. The molecule has 0 bridgehead atoms. The first kappa shape index (κ1) is 10.8. The first-order valence-electron chi connectivity index (χ1n) is 5.43. The van der Waals surface area contributed by atoms with E-state index in [1.165, 1.54) is 5.56 Å². The number of rotatable bonds is 1. The van der Waals surface area contributed by atoms with Crippen molar-refractivity contribution in [3.8, 4) is 11.1 Å². The summed E-state index contributed by atoms with van der Waals surface area (Å²) in [5, 5.41) is 0. The summed E-state index contributed by atoms with van der Waals surface area (Å²) < 4.78 is 0. The summed E-state index contributed by atoms with van der Waals surface area (Å²) in [5.74, 6) is 0. The number of hydrogen-bond acceptors (Lipinski definition) is 2. The van der Waals surface area contributed by atoms with E-state index < -0.39 is 0 Å². The first-order valence-corrected chi connectivity index (χ1v) is 5.43. The van der Waals surface area contributed by atoms with Crippen molar-refractivity contribution in [2.24, 2.45) is 0 Å². The normalized spacial score (nSPS) is 11.4. The maximum atomic E-state index is 4.31. The summed E-state index contributed by atoms with van der Waals surface area (Å²) in [5.41, 5.74) is 3.70. The third-order valence-electron chi connectivity index (χ3n) is 2.62. The van der Waals surface area contributed by atoms with Gasteiger partial charge in [0.05, 0.1) is 0 Å². The minimum atomic E-state index is 0.135. The molecule has 0 atom stereocenters. The molecule has 0 saturated heterocycles. The molecule has 0 fully saturated rings. The Balaban J connectivity index is 2.45. The maximum absolute atomic E-state index is 4.31. The van der Waals surface area contributed by atoms with Crippen LogP contribution in [0.25, 0.3) is 11.1 Å². The summed E-state index contributed by atoms with van der Waals surface area (Å²) in [7, 11) is 0. The lowest BCUT2D eigenvalue weighted by atomic mass is 9.87. The maximum Gasteiger partial charge on any atom is 0.0346 e. The Kier molecular flexibility index (Phi) is 2.73. The largest absolute Gasteiger partial charge is 0.265 e. The van der Waals surface area contributed by atoms with Gasteiger partial charge < -0.3 is 0 Å². The molecule has 0 spiro atoms. The highest BCUT2D eigenvalue weighted by molar-refractivity contribution is 5.62. The fourth-order valence-electron chi connectivity index (χ4n) is 1.55. The zero-order valence-electron chi connectivity index (χ0n) is 9.94. The third kappa shape index (κ3) is 2.27. The van der Waals surface area contributed by atoms with Crippen LogP contribution in [0.15, 0.2) is 43.0 Å². The molecule has 0 aromatic carbocycles. The minimum Gasteiger partial charge on any atom is -0.265 e. The van der Waals surface area contributed by atoms with Gasteiger partial charge in [0, 0.05) is 30.4 Å². The predicted octanol–water partition coefficient (Wildman–Crippen LogP) is 3.44. The minimum absolute atomic E-state index is 0.135. The van der Waals surface area contributed by atoms with Crippen LogP contribution in [0, 0.1) is 0 Å². The lowest BCUT2D eigenvalue weighted by Crippen LogP contribution is -2.11. The average molecular weight is 212 g/mol. The molecule has 82 valence electrons. The lowest BCUT2D eigenvalue weighted by Gasteiger charge is -2.19. The monoisotopic (exact) mass is 212 g/mol. The smallest absolute Gasteiger partial charge is 0.0346 e. The highest BCUT2D eigenvalue weighted by Crippen LogP contribution is 2.25. The van der Waals surface area contributed by atoms with Crippen LogP contribution in [0.3, 0.4) is 0 Å². The van der Waals surface area contributed by atoms with Crippen molar-refractivity contribution >= 4 is 0 Å². The Labute approximate surface area is 96.4 Å². The third-order valence-corrected chi connectivity index (χ3v) is 2.62. The quantitative estimate of drug-likeness (QED) is 0.723. The van der Waals surface area contributed by atoms with E-state index in [4.69, 9.17) is 0 Å². The number of pyridine rings is 2. The molecule has 0 N–H and O–H groups in total. The molecule has 16 heavy (non-hydrogen) atoms. The molecule has 2 aromatic rings. The van der Waals surface area contributed by atoms with Gasteiger partial charge in [-0.05, 0) is 34.7 Å². The van der Waals surface area contributed by atoms with E-state index in [-0.39, 0.29) is 5.41 Å². The number of nitrogens with zero attached hydrogens (tertiary/aromatic N) is 2. The van der Waals surface area contributed by atoms with Crippen LogP contribution in [0.2, 0.25) is 0 Å². The molecule has 2 heterocycles. The molecule has 0 aliphatic heterocycles. The van der Waals surface area contributed by atoms with Crippen LogP contribution in [0.4, 0.5) is 0 Å². The molecule has 2 heteroatoms. The van der Waals surface area contributed by atoms with Gasteiger partial charge in [0.2, 0.25) is 0 Å². The molecule has 0 saturated carbocycles. The highest BCUT2D eigenvalue weighted by atomic mass is 14.6.